The second-order valence-corrected chi connectivity index (χ2v) is 6.78. The lowest BCUT2D eigenvalue weighted by molar-refractivity contribution is 0.695. The molecule has 0 saturated carbocycles. The second kappa shape index (κ2) is 5.93. The number of rotatable bonds is 4. The quantitative estimate of drug-likeness (QED) is 0.729. The monoisotopic (exact) mass is 312 g/mol. The number of hydrogen-bond donors (Lipinski definition) is 0. The van der Waals surface area contributed by atoms with Crippen molar-refractivity contribution in [2.75, 3.05) is 11.9 Å². The molecule has 1 aromatic carbocycles. The second-order valence-electron chi connectivity index (χ2n) is 5.49. The van der Waals surface area contributed by atoms with Crippen LogP contribution >= 0.6 is 11.3 Å². The van der Waals surface area contributed by atoms with Crippen LogP contribution in [0.4, 0.5) is 5.95 Å². The van der Waals surface area contributed by atoms with Crippen LogP contribution in [0.25, 0.3) is 10.7 Å². The number of anilines is 1. The zero-order chi connectivity index (χ0) is 15.7. The molecular formula is C17H20N4S. The van der Waals surface area contributed by atoms with E-state index in [2.05, 4.69) is 77.0 Å². The van der Waals surface area contributed by atoms with Gasteiger partial charge in [0.15, 0.2) is 5.82 Å². The highest BCUT2D eigenvalue weighted by Gasteiger charge is 2.19. The van der Waals surface area contributed by atoms with E-state index in [1.807, 2.05) is 13.1 Å². The lowest BCUT2D eigenvalue weighted by Crippen LogP contribution is -2.24. The summed E-state index contributed by atoms with van der Waals surface area (Å²) < 4.78 is 2.06. The van der Waals surface area contributed by atoms with Crippen molar-refractivity contribution in [2.45, 2.75) is 19.9 Å². The fraction of sp³-hybridized carbons (Fsp3) is 0.294. The third kappa shape index (κ3) is 2.64. The van der Waals surface area contributed by atoms with Gasteiger partial charge in [-0.3, -0.25) is 4.57 Å². The van der Waals surface area contributed by atoms with E-state index < -0.39 is 0 Å². The van der Waals surface area contributed by atoms with Crippen molar-refractivity contribution in [3.05, 3.63) is 52.9 Å². The summed E-state index contributed by atoms with van der Waals surface area (Å²) in [6.07, 6.45) is 0. The van der Waals surface area contributed by atoms with Crippen LogP contribution < -0.4 is 4.90 Å². The number of aromatic nitrogens is 3. The maximum Gasteiger partial charge on any atom is 0.227 e. The molecular weight excluding hydrogens is 292 g/mol. The first-order valence-electron chi connectivity index (χ1n) is 7.32. The smallest absolute Gasteiger partial charge is 0.227 e. The van der Waals surface area contributed by atoms with Gasteiger partial charge in [0.2, 0.25) is 5.95 Å². The first-order valence-corrected chi connectivity index (χ1v) is 8.13. The molecule has 2 heterocycles. The van der Waals surface area contributed by atoms with Crippen molar-refractivity contribution in [3.8, 4) is 10.7 Å². The summed E-state index contributed by atoms with van der Waals surface area (Å²) in [5.74, 6) is 1.79. The van der Waals surface area contributed by atoms with Crippen molar-refractivity contribution in [2.24, 2.45) is 7.05 Å². The molecule has 114 valence electrons. The Balaban J connectivity index is 1.91. The van der Waals surface area contributed by atoms with Gasteiger partial charge in [0, 0.05) is 19.0 Å². The largest absolute Gasteiger partial charge is 0.337 e. The fourth-order valence-corrected chi connectivity index (χ4v) is 3.41. The van der Waals surface area contributed by atoms with Gasteiger partial charge < -0.3 is 4.90 Å². The van der Waals surface area contributed by atoms with Gasteiger partial charge in [0.25, 0.3) is 0 Å². The summed E-state index contributed by atoms with van der Waals surface area (Å²) in [5.41, 5.74) is 1.27. The van der Waals surface area contributed by atoms with Gasteiger partial charge in [0.05, 0.1) is 10.9 Å². The van der Waals surface area contributed by atoms with Crippen LogP contribution in [0.5, 0.6) is 0 Å². The van der Waals surface area contributed by atoms with Gasteiger partial charge in [-0.05, 0) is 31.5 Å². The lowest BCUT2D eigenvalue weighted by atomic mass is 10.1. The Morgan fingerprint density at radius 3 is 2.45 bits per heavy atom. The molecule has 0 amide bonds. The minimum atomic E-state index is 0.238. The number of hydrogen-bond acceptors (Lipinski definition) is 4. The van der Waals surface area contributed by atoms with Crippen molar-refractivity contribution in [3.63, 3.8) is 0 Å². The highest BCUT2D eigenvalue weighted by molar-refractivity contribution is 7.15. The molecule has 0 spiro atoms. The number of nitrogens with zero attached hydrogens (tertiary/aromatic N) is 4. The normalized spacial score (nSPS) is 12.4. The van der Waals surface area contributed by atoms with Crippen LogP contribution in [0.15, 0.2) is 42.5 Å². The molecule has 22 heavy (non-hydrogen) atoms. The molecule has 3 rings (SSSR count). The van der Waals surface area contributed by atoms with Gasteiger partial charge in [-0.15, -0.1) is 21.5 Å². The molecule has 0 radical (unpaired) electrons. The van der Waals surface area contributed by atoms with E-state index >= 15 is 0 Å². The molecule has 0 fully saturated rings. The number of aryl methyl sites for hydroxylation is 1. The summed E-state index contributed by atoms with van der Waals surface area (Å²) in [4.78, 5) is 4.59. The zero-order valence-electron chi connectivity index (χ0n) is 13.3. The van der Waals surface area contributed by atoms with E-state index in [-0.39, 0.29) is 6.04 Å². The van der Waals surface area contributed by atoms with E-state index in [1.54, 1.807) is 11.3 Å². The van der Waals surface area contributed by atoms with Crippen molar-refractivity contribution in [1.29, 1.82) is 0 Å². The summed E-state index contributed by atoms with van der Waals surface area (Å²) in [7, 11) is 4.08. The fourth-order valence-electron chi connectivity index (χ4n) is 2.53. The number of thiophene rings is 1. The molecule has 5 heteroatoms. The van der Waals surface area contributed by atoms with Crippen molar-refractivity contribution < 1.29 is 0 Å². The molecule has 0 bridgehead atoms. The Kier molecular flexibility index (Phi) is 3.98. The van der Waals surface area contributed by atoms with Crippen LogP contribution in [-0.4, -0.2) is 21.8 Å². The summed E-state index contributed by atoms with van der Waals surface area (Å²) >= 11 is 1.74. The summed E-state index contributed by atoms with van der Waals surface area (Å²) in [6, 6.07) is 14.9. The maximum absolute atomic E-state index is 4.39. The van der Waals surface area contributed by atoms with E-state index in [4.69, 9.17) is 0 Å². The SMILES string of the molecule is Cc1ccc(-c2nnc(N(C)C(C)c3ccccc3)n2C)s1. The van der Waals surface area contributed by atoms with E-state index in [0.717, 1.165) is 16.6 Å². The Bertz CT molecular complexity index is 760. The highest BCUT2D eigenvalue weighted by Crippen LogP contribution is 2.30. The zero-order valence-corrected chi connectivity index (χ0v) is 14.1. The lowest BCUT2D eigenvalue weighted by Gasteiger charge is -2.25. The van der Waals surface area contributed by atoms with Crippen molar-refractivity contribution >= 4 is 17.3 Å². The predicted molar refractivity (Wildman–Crippen MR) is 92.3 cm³/mol. The number of benzene rings is 1. The molecule has 0 saturated heterocycles. The van der Waals surface area contributed by atoms with Gasteiger partial charge in [-0.2, -0.15) is 0 Å². The average Bonchev–Trinajstić information content (AvgIpc) is 3.12. The van der Waals surface area contributed by atoms with Crippen LogP contribution in [0.1, 0.15) is 23.4 Å². The molecule has 3 aromatic rings. The Labute approximate surface area is 135 Å². The molecule has 0 N–H and O–H groups in total. The van der Waals surface area contributed by atoms with Gasteiger partial charge in [-0.25, -0.2) is 0 Å². The van der Waals surface area contributed by atoms with Crippen LogP contribution in [0, 0.1) is 6.92 Å². The molecule has 0 aliphatic rings. The minimum absolute atomic E-state index is 0.238. The molecule has 0 aliphatic heterocycles. The summed E-state index contributed by atoms with van der Waals surface area (Å²) in [6.45, 7) is 4.29. The molecule has 1 unspecified atom stereocenters. The Morgan fingerprint density at radius 1 is 1.09 bits per heavy atom. The molecule has 4 nitrogen and oxygen atoms in total. The Hall–Kier alpha value is -2.14. The van der Waals surface area contributed by atoms with Crippen molar-refractivity contribution in [1.82, 2.24) is 14.8 Å². The molecule has 0 aliphatic carbocycles. The van der Waals surface area contributed by atoms with Crippen LogP contribution in [-0.2, 0) is 7.05 Å². The van der Waals surface area contributed by atoms with E-state index in [1.165, 1.54) is 10.4 Å². The van der Waals surface area contributed by atoms with Gasteiger partial charge in [0.1, 0.15) is 0 Å². The third-order valence-corrected chi connectivity index (χ3v) is 4.99. The van der Waals surface area contributed by atoms with Gasteiger partial charge in [-0.1, -0.05) is 30.3 Å². The molecule has 1 atom stereocenters. The first kappa shape index (κ1) is 14.8. The molecule has 2 aromatic heterocycles. The van der Waals surface area contributed by atoms with Gasteiger partial charge >= 0.3 is 0 Å². The van der Waals surface area contributed by atoms with E-state index in [0.29, 0.717) is 0 Å². The summed E-state index contributed by atoms with van der Waals surface area (Å²) in [5, 5.41) is 8.77. The van der Waals surface area contributed by atoms with Crippen LogP contribution in [0.3, 0.4) is 0 Å². The minimum Gasteiger partial charge on any atom is -0.337 e. The average molecular weight is 312 g/mol. The topological polar surface area (TPSA) is 34.0 Å². The van der Waals surface area contributed by atoms with Crippen LogP contribution in [0.2, 0.25) is 0 Å². The Morgan fingerprint density at radius 2 is 1.82 bits per heavy atom. The van der Waals surface area contributed by atoms with E-state index in [9.17, 15) is 0 Å². The highest BCUT2D eigenvalue weighted by atomic mass is 32.1. The standard InChI is InChI=1S/C17H20N4S/c1-12-10-11-15(22-12)16-18-19-17(21(16)4)20(3)13(2)14-8-6-5-7-9-14/h5-11,13H,1-4H3. The predicted octanol–water partition coefficient (Wildman–Crippen LogP) is 4.05. The first-order chi connectivity index (χ1) is 10.6. The maximum atomic E-state index is 4.39. The third-order valence-electron chi connectivity index (χ3n) is 3.99.